The van der Waals surface area contributed by atoms with Crippen molar-refractivity contribution in [3.05, 3.63) is 29.6 Å². The third-order valence-electron chi connectivity index (χ3n) is 2.52. The topological polar surface area (TPSA) is 72.6 Å². The molecule has 0 heterocycles. The lowest BCUT2D eigenvalue weighted by molar-refractivity contribution is -0.143. The molecule has 0 aliphatic rings. The molecule has 6 heteroatoms. The second-order valence-electron chi connectivity index (χ2n) is 3.86. The van der Waals surface area contributed by atoms with E-state index in [0.717, 1.165) is 6.07 Å². The Morgan fingerprint density at radius 1 is 1.37 bits per heavy atom. The molecule has 19 heavy (non-hydrogen) atoms. The zero-order chi connectivity index (χ0) is 14.4. The van der Waals surface area contributed by atoms with E-state index in [1.807, 2.05) is 0 Å². The van der Waals surface area contributed by atoms with Crippen LogP contribution in [0, 0.1) is 5.82 Å². The number of amides is 1. The van der Waals surface area contributed by atoms with Gasteiger partial charge >= 0.3 is 5.97 Å². The molecule has 0 fully saturated rings. The average Bonchev–Trinajstić information content (AvgIpc) is 2.38. The van der Waals surface area contributed by atoms with Gasteiger partial charge in [-0.1, -0.05) is 0 Å². The lowest BCUT2D eigenvalue weighted by Crippen LogP contribution is -2.36. The molecule has 1 aromatic carbocycles. The fraction of sp³-hybridized carbons (Fsp3) is 0.385. The average molecular weight is 268 g/mol. The number of nitrogen functional groups attached to an aromatic ring is 1. The van der Waals surface area contributed by atoms with E-state index in [1.165, 1.54) is 17.0 Å². The van der Waals surface area contributed by atoms with Crippen molar-refractivity contribution in [2.45, 2.75) is 13.8 Å². The Bertz CT molecular complexity index is 477. The van der Waals surface area contributed by atoms with Crippen LogP contribution in [0.25, 0.3) is 0 Å². The Kier molecular flexibility index (Phi) is 5.29. The van der Waals surface area contributed by atoms with Crippen LogP contribution >= 0.6 is 0 Å². The van der Waals surface area contributed by atoms with Crippen molar-refractivity contribution in [3.8, 4) is 0 Å². The third-order valence-corrected chi connectivity index (χ3v) is 2.52. The van der Waals surface area contributed by atoms with Crippen molar-refractivity contribution >= 4 is 17.6 Å². The summed E-state index contributed by atoms with van der Waals surface area (Å²) < 4.78 is 18.3. The minimum absolute atomic E-state index is 0.147. The Balaban J connectivity index is 2.89. The maximum absolute atomic E-state index is 13.6. The molecule has 1 aromatic rings. The molecule has 0 aromatic heterocycles. The smallest absolute Gasteiger partial charge is 0.325 e. The van der Waals surface area contributed by atoms with Gasteiger partial charge < -0.3 is 15.4 Å². The van der Waals surface area contributed by atoms with Gasteiger partial charge in [-0.15, -0.1) is 0 Å². The highest BCUT2D eigenvalue weighted by molar-refractivity contribution is 5.96. The van der Waals surface area contributed by atoms with Gasteiger partial charge in [-0.2, -0.15) is 0 Å². The monoisotopic (exact) mass is 268 g/mol. The first kappa shape index (κ1) is 14.9. The molecule has 0 aliphatic heterocycles. The van der Waals surface area contributed by atoms with Crippen molar-refractivity contribution in [2.24, 2.45) is 0 Å². The number of esters is 1. The molecule has 0 atom stereocenters. The second-order valence-corrected chi connectivity index (χ2v) is 3.86. The van der Waals surface area contributed by atoms with Crippen LogP contribution in [-0.4, -0.2) is 36.5 Å². The largest absolute Gasteiger partial charge is 0.465 e. The Morgan fingerprint density at radius 2 is 2.05 bits per heavy atom. The number of carbonyl (C=O) groups is 2. The first-order valence-electron chi connectivity index (χ1n) is 5.99. The molecular formula is C13H17FN2O3. The fourth-order valence-corrected chi connectivity index (χ4v) is 1.57. The van der Waals surface area contributed by atoms with Crippen molar-refractivity contribution in [1.82, 2.24) is 4.90 Å². The summed E-state index contributed by atoms with van der Waals surface area (Å²) >= 11 is 0. The molecule has 1 rings (SSSR count). The number of anilines is 1. The van der Waals surface area contributed by atoms with Crippen LogP contribution in [0.15, 0.2) is 18.2 Å². The number of halogens is 1. The maximum atomic E-state index is 13.6. The third kappa shape index (κ3) is 3.94. The lowest BCUT2D eigenvalue weighted by atomic mass is 10.1. The van der Waals surface area contributed by atoms with E-state index in [4.69, 9.17) is 10.5 Å². The van der Waals surface area contributed by atoms with Crippen LogP contribution < -0.4 is 5.73 Å². The zero-order valence-corrected chi connectivity index (χ0v) is 11.0. The van der Waals surface area contributed by atoms with Crippen LogP contribution in [0.5, 0.6) is 0 Å². The predicted molar refractivity (Wildman–Crippen MR) is 69.0 cm³/mol. The summed E-state index contributed by atoms with van der Waals surface area (Å²) in [6.45, 7) is 3.66. The van der Waals surface area contributed by atoms with E-state index in [2.05, 4.69) is 0 Å². The van der Waals surface area contributed by atoms with E-state index in [1.54, 1.807) is 13.8 Å². The summed E-state index contributed by atoms with van der Waals surface area (Å²) in [5.74, 6) is -1.77. The summed E-state index contributed by atoms with van der Waals surface area (Å²) in [5.41, 5.74) is 5.67. The van der Waals surface area contributed by atoms with Crippen LogP contribution in [0.3, 0.4) is 0 Å². The van der Waals surface area contributed by atoms with Crippen LogP contribution in [-0.2, 0) is 9.53 Å². The first-order valence-corrected chi connectivity index (χ1v) is 5.99. The van der Waals surface area contributed by atoms with Gasteiger partial charge in [0.05, 0.1) is 12.2 Å². The van der Waals surface area contributed by atoms with E-state index < -0.39 is 17.7 Å². The fourth-order valence-electron chi connectivity index (χ4n) is 1.57. The number of hydrogen-bond donors (Lipinski definition) is 1. The molecule has 0 saturated carbocycles. The Labute approximate surface area is 111 Å². The summed E-state index contributed by atoms with van der Waals surface area (Å²) in [6.07, 6.45) is 0. The van der Waals surface area contributed by atoms with Gasteiger partial charge in [0.2, 0.25) is 0 Å². The van der Waals surface area contributed by atoms with Gasteiger partial charge in [-0.25, -0.2) is 4.39 Å². The number of ether oxygens (including phenoxy) is 1. The van der Waals surface area contributed by atoms with Gasteiger partial charge in [0.25, 0.3) is 5.91 Å². The van der Waals surface area contributed by atoms with Gasteiger partial charge in [0.15, 0.2) is 0 Å². The van der Waals surface area contributed by atoms with Gasteiger partial charge in [0, 0.05) is 12.2 Å². The van der Waals surface area contributed by atoms with Crippen molar-refractivity contribution in [3.63, 3.8) is 0 Å². The zero-order valence-electron chi connectivity index (χ0n) is 11.0. The molecule has 1 amide bonds. The number of rotatable bonds is 5. The Hall–Kier alpha value is -2.11. The first-order chi connectivity index (χ1) is 8.99. The van der Waals surface area contributed by atoms with Gasteiger partial charge in [-0.3, -0.25) is 9.59 Å². The number of benzene rings is 1. The lowest BCUT2D eigenvalue weighted by Gasteiger charge is -2.20. The molecule has 0 bridgehead atoms. The summed E-state index contributed by atoms with van der Waals surface area (Å²) in [4.78, 5) is 24.7. The normalized spacial score (nSPS) is 10.1. The molecular weight excluding hydrogens is 251 g/mol. The molecule has 0 aliphatic carbocycles. The number of likely N-dealkylation sites (N-methyl/N-ethyl adjacent to an activating group) is 1. The summed E-state index contributed by atoms with van der Waals surface area (Å²) in [7, 11) is 0. The van der Waals surface area contributed by atoms with Crippen molar-refractivity contribution in [1.29, 1.82) is 0 Å². The summed E-state index contributed by atoms with van der Waals surface area (Å²) in [6, 6.07) is 3.75. The summed E-state index contributed by atoms with van der Waals surface area (Å²) in [5, 5.41) is 0. The standard InChI is InChI=1S/C13H17FN2O3/c1-3-16(8-12(17)19-4-2)13(18)10-7-9(15)5-6-11(10)14/h5-7H,3-4,8,15H2,1-2H3. The van der Waals surface area contributed by atoms with Gasteiger partial charge in [0.1, 0.15) is 12.4 Å². The highest BCUT2D eigenvalue weighted by Crippen LogP contribution is 2.14. The molecule has 0 unspecified atom stereocenters. The number of carbonyl (C=O) groups excluding carboxylic acids is 2. The quantitative estimate of drug-likeness (QED) is 0.647. The number of hydrogen-bond acceptors (Lipinski definition) is 4. The van der Waals surface area contributed by atoms with Crippen LogP contribution in [0.1, 0.15) is 24.2 Å². The highest BCUT2D eigenvalue weighted by Gasteiger charge is 2.21. The van der Waals surface area contributed by atoms with Crippen molar-refractivity contribution in [2.75, 3.05) is 25.4 Å². The predicted octanol–water partition coefficient (Wildman–Crippen LogP) is 1.43. The molecule has 5 nitrogen and oxygen atoms in total. The van der Waals surface area contributed by atoms with Gasteiger partial charge in [-0.05, 0) is 32.0 Å². The number of nitrogens with two attached hydrogens (primary N) is 1. The molecule has 104 valence electrons. The van der Waals surface area contributed by atoms with E-state index in [0.29, 0.717) is 0 Å². The minimum Gasteiger partial charge on any atom is -0.465 e. The van der Waals surface area contributed by atoms with Crippen LogP contribution in [0.2, 0.25) is 0 Å². The molecule has 0 radical (unpaired) electrons. The van der Waals surface area contributed by atoms with E-state index in [9.17, 15) is 14.0 Å². The molecule has 0 saturated heterocycles. The minimum atomic E-state index is -0.665. The van der Waals surface area contributed by atoms with Crippen LogP contribution in [0.4, 0.5) is 10.1 Å². The highest BCUT2D eigenvalue weighted by atomic mass is 19.1. The second kappa shape index (κ2) is 6.72. The van der Waals surface area contributed by atoms with E-state index >= 15 is 0 Å². The maximum Gasteiger partial charge on any atom is 0.325 e. The van der Waals surface area contributed by atoms with Crippen molar-refractivity contribution < 1.29 is 18.7 Å². The molecule has 0 spiro atoms. The van der Waals surface area contributed by atoms with E-state index in [-0.39, 0.29) is 30.9 Å². The number of nitrogens with zero attached hydrogens (tertiary/aromatic N) is 1. The Morgan fingerprint density at radius 3 is 2.63 bits per heavy atom. The molecule has 2 N–H and O–H groups in total. The SMILES string of the molecule is CCOC(=O)CN(CC)C(=O)c1cc(N)ccc1F.